The maximum atomic E-state index is 13.2. The Labute approximate surface area is 219 Å². The molecule has 2 heterocycles. The lowest BCUT2D eigenvalue weighted by molar-refractivity contribution is -0.116. The third kappa shape index (κ3) is 5.57. The smallest absolute Gasteiger partial charge is 0.411 e. The van der Waals surface area contributed by atoms with Gasteiger partial charge in [0.15, 0.2) is 0 Å². The molecule has 4 aromatic rings. The van der Waals surface area contributed by atoms with E-state index in [1.807, 2.05) is 54.6 Å². The maximum Gasteiger partial charge on any atom is 0.411 e. The van der Waals surface area contributed by atoms with Crippen molar-refractivity contribution in [2.45, 2.75) is 25.3 Å². The van der Waals surface area contributed by atoms with Crippen LogP contribution in [0.25, 0.3) is 22.0 Å². The van der Waals surface area contributed by atoms with Crippen molar-refractivity contribution in [3.05, 3.63) is 90.4 Å². The predicted molar refractivity (Wildman–Crippen MR) is 146 cm³/mol. The van der Waals surface area contributed by atoms with Crippen LogP contribution in [0.2, 0.25) is 0 Å². The molecular weight excluding hydrogens is 482 g/mol. The minimum Gasteiger partial charge on any atom is -0.453 e. The number of aromatic nitrogens is 2. The molecule has 1 atom stereocenters. The second-order valence-electron chi connectivity index (χ2n) is 8.94. The molecule has 9 heteroatoms. The lowest BCUT2D eigenvalue weighted by Gasteiger charge is -2.16. The van der Waals surface area contributed by atoms with E-state index in [0.717, 1.165) is 10.8 Å². The Bertz CT molecular complexity index is 1540. The number of nitrogens with one attached hydrogen (secondary N) is 4. The summed E-state index contributed by atoms with van der Waals surface area (Å²) < 4.78 is 4.67. The highest BCUT2D eigenvalue weighted by atomic mass is 16.5. The summed E-state index contributed by atoms with van der Waals surface area (Å²) in [5.74, 6) is 0.227. The lowest BCUT2D eigenvalue weighted by Crippen LogP contribution is -2.29. The van der Waals surface area contributed by atoms with Gasteiger partial charge in [-0.2, -0.15) is 0 Å². The maximum absolute atomic E-state index is 13.2. The van der Waals surface area contributed by atoms with E-state index in [1.54, 1.807) is 24.4 Å². The first-order valence-electron chi connectivity index (χ1n) is 12.3. The third-order valence-electron chi connectivity index (χ3n) is 6.33. The molecule has 1 aliphatic rings. The van der Waals surface area contributed by atoms with Crippen LogP contribution in [-0.2, 0) is 9.53 Å². The van der Waals surface area contributed by atoms with Crippen molar-refractivity contribution in [2.75, 3.05) is 17.7 Å². The Balaban J connectivity index is 1.45. The molecule has 3 amide bonds. The van der Waals surface area contributed by atoms with Gasteiger partial charge in [-0.25, -0.2) is 9.78 Å². The Hall–Kier alpha value is -4.92. The molecule has 3 aromatic carbocycles. The number of anilines is 2. The van der Waals surface area contributed by atoms with Crippen LogP contribution in [0.5, 0.6) is 0 Å². The minimum absolute atomic E-state index is 0.161. The van der Waals surface area contributed by atoms with E-state index < -0.39 is 12.1 Å². The van der Waals surface area contributed by atoms with Crippen LogP contribution in [-0.4, -0.2) is 35.0 Å². The Morgan fingerprint density at radius 2 is 1.87 bits per heavy atom. The van der Waals surface area contributed by atoms with E-state index in [9.17, 15) is 14.4 Å². The Morgan fingerprint density at radius 1 is 1.03 bits per heavy atom. The van der Waals surface area contributed by atoms with Crippen molar-refractivity contribution in [3.63, 3.8) is 0 Å². The van der Waals surface area contributed by atoms with Gasteiger partial charge in [0, 0.05) is 23.2 Å². The minimum atomic E-state index is -0.611. The van der Waals surface area contributed by atoms with Crippen molar-refractivity contribution in [2.24, 2.45) is 0 Å². The number of amides is 3. The molecule has 192 valence electrons. The molecule has 5 rings (SSSR count). The standard InChI is InChI=1S/C29H27N5O4/c1-38-29(37)31-21-13-14-22-24(16-21)32-26(35)10-4-2-3-9-23(27-30-17-25(22)33-27)34-28(36)20-12-11-18-7-5-6-8-19(18)15-20/h2-3,5-8,11-17,23H,4,9-10H2,1H3,(H,30,33)(H,31,37)(H,32,35)(H,34,36)/b3-2+/t23-/m0/s1. The highest BCUT2D eigenvalue weighted by Crippen LogP contribution is 2.31. The Kier molecular flexibility index (Phi) is 7.17. The number of H-pyrrole nitrogens is 1. The van der Waals surface area contributed by atoms with Gasteiger partial charge in [0.05, 0.1) is 30.7 Å². The van der Waals surface area contributed by atoms with E-state index in [1.165, 1.54) is 7.11 Å². The molecule has 0 saturated carbocycles. The van der Waals surface area contributed by atoms with Gasteiger partial charge < -0.3 is 20.4 Å². The number of hydrogen-bond donors (Lipinski definition) is 4. The van der Waals surface area contributed by atoms with Gasteiger partial charge in [0.25, 0.3) is 5.91 Å². The van der Waals surface area contributed by atoms with E-state index in [-0.39, 0.29) is 18.2 Å². The van der Waals surface area contributed by atoms with Crippen LogP contribution in [0.4, 0.5) is 16.2 Å². The van der Waals surface area contributed by atoms with Crippen LogP contribution in [0.3, 0.4) is 0 Å². The number of methoxy groups -OCH3 is 1. The van der Waals surface area contributed by atoms with Gasteiger partial charge in [0.2, 0.25) is 5.91 Å². The SMILES string of the molecule is COC(=O)Nc1ccc2c(c1)NC(=O)CC/C=C/C[C@H](NC(=O)c1ccc3ccccc3c1)c1ncc-2[nH]1. The average molecular weight is 510 g/mol. The number of carbonyl (C=O) groups excluding carboxylic acids is 3. The molecule has 38 heavy (non-hydrogen) atoms. The van der Waals surface area contributed by atoms with Gasteiger partial charge in [-0.05, 0) is 53.9 Å². The van der Waals surface area contributed by atoms with Crippen molar-refractivity contribution < 1.29 is 19.1 Å². The monoisotopic (exact) mass is 509 g/mol. The topological polar surface area (TPSA) is 125 Å². The van der Waals surface area contributed by atoms with Crippen LogP contribution in [0.1, 0.15) is 41.5 Å². The molecule has 0 saturated heterocycles. The number of allylic oxidation sites excluding steroid dienone is 1. The molecule has 1 aliphatic heterocycles. The molecule has 0 radical (unpaired) electrons. The number of imidazole rings is 1. The lowest BCUT2D eigenvalue weighted by atomic mass is 10.1. The van der Waals surface area contributed by atoms with Gasteiger partial charge in [-0.3, -0.25) is 14.9 Å². The summed E-state index contributed by atoms with van der Waals surface area (Å²) in [5, 5.41) is 10.7. The zero-order valence-corrected chi connectivity index (χ0v) is 20.8. The number of fused-ring (bicyclic) bond motifs is 5. The highest BCUT2D eigenvalue weighted by molar-refractivity contribution is 5.99. The highest BCUT2D eigenvalue weighted by Gasteiger charge is 2.20. The van der Waals surface area contributed by atoms with Gasteiger partial charge in [0.1, 0.15) is 5.82 Å². The number of benzene rings is 3. The summed E-state index contributed by atoms with van der Waals surface area (Å²) in [5.41, 5.74) is 2.90. The fourth-order valence-electron chi connectivity index (χ4n) is 4.37. The summed E-state index contributed by atoms with van der Waals surface area (Å²) >= 11 is 0. The predicted octanol–water partition coefficient (Wildman–Crippen LogP) is 5.56. The number of nitrogens with zero attached hydrogens (tertiary/aromatic N) is 1. The van der Waals surface area contributed by atoms with Crippen molar-refractivity contribution in [1.82, 2.24) is 15.3 Å². The van der Waals surface area contributed by atoms with Crippen molar-refractivity contribution in [1.29, 1.82) is 0 Å². The van der Waals surface area contributed by atoms with Crippen LogP contribution in [0, 0.1) is 0 Å². The van der Waals surface area contributed by atoms with Gasteiger partial charge >= 0.3 is 6.09 Å². The van der Waals surface area contributed by atoms with E-state index in [2.05, 4.69) is 30.7 Å². The first-order chi connectivity index (χ1) is 18.5. The number of rotatable bonds is 3. The fourth-order valence-corrected chi connectivity index (χ4v) is 4.37. The Morgan fingerprint density at radius 3 is 2.71 bits per heavy atom. The number of hydrogen-bond acceptors (Lipinski definition) is 5. The summed E-state index contributed by atoms with van der Waals surface area (Å²) in [6, 6.07) is 18.3. The average Bonchev–Trinajstić information content (AvgIpc) is 3.41. The molecule has 0 fully saturated rings. The molecular formula is C29H27N5O4. The van der Waals surface area contributed by atoms with Gasteiger partial charge in [-0.15, -0.1) is 0 Å². The number of aromatic amines is 1. The molecule has 0 aliphatic carbocycles. The first-order valence-corrected chi connectivity index (χ1v) is 12.3. The van der Waals surface area contributed by atoms with E-state index in [0.29, 0.717) is 46.9 Å². The zero-order chi connectivity index (χ0) is 26.5. The van der Waals surface area contributed by atoms with Crippen LogP contribution < -0.4 is 16.0 Å². The van der Waals surface area contributed by atoms with Gasteiger partial charge in [-0.1, -0.05) is 42.5 Å². The van der Waals surface area contributed by atoms with Crippen LogP contribution >= 0.6 is 0 Å². The largest absolute Gasteiger partial charge is 0.453 e. The third-order valence-corrected chi connectivity index (χ3v) is 6.33. The summed E-state index contributed by atoms with van der Waals surface area (Å²) in [6.45, 7) is 0. The van der Waals surface area contributed by atoms with Crippen molar-refractivity contribution >= 4 is 40.1 Å². The molecule has 2 bridgehead atoms. The normalized spacial score (nSPS) is 16.1. The van der Waals surface area contributed by atoms with E-state index in [4.69, 9.17) is 0 Å². The molecule has 0 unspecified atom stereocenters. The first kappa shape index (κ1) is 24.8. The molecule has 4 N–H and O–H groups in total. The van der Waals surface area contributed by atoms with Crippen LogP contribution in [0.15, 0.2) is 79.0 Å². The summed E-state index contributed by atoms with van der Waals surface area (Å²) in [6.07, 6.45) is 6.25. The van der Waals surface area contributed by atoms with Crippen molar-refractivity contribution in [3.8, 4) is 11.3 Å². The van der Waals surface area contributed by atoms with E-state index >= 15 is 0 Å². The summed E-state index contributed by atoms with van der Waals surface area (Å²) in [7, 11) is 1.28. The molecule has 1 aromatic heterocycles. The second kappa shape index (κ2) is 11.0. The number of ether oxygens (including phenoxy) is 1. The zero-order valence-electron chi connectivity index (χ0n) is 20.8. The fraction of sp³-hybridized carbons (Fsp3) is 0.172. The molecule has 9 nitrogen and oxygen atoms in total. The second-order valence-corrected chi connectivity index (χ2v) is 8.94. The molecule has 0 spiro atoms. The number of carbonyl (C=O) groups is 3. The quantitative estimate of drug-likeness (QED) is 0.269. The summed E-state index contributed by atoms with van der Waals surface area (Å²) in [4.78, 5) is 45.4.